The highest BCUT2D eigenvalue weighted by atomic mass is 16.5. The zero-order valence-electron chi connectivity index (χ0n) is 12.0. The third kappa shape index (κ3) is 6.00. The van der Waals surface area contributed by atoms with Gasteiger partial charge in [0.2, 0.25) is 0 Å². The first kappa shape index (κ1) is 16.6. The summed E-state index contributed by atoms with van der Waals surface area (Å²) < 4.78 is 4.90. The standard InChI is InChI=1S/C16H19NO4/c1-3-5-10-21-16(20)17-14(15(18)19)11-13-8-6-12(4-2)7-9-13/h2,6-9,14H,3,5,10-11H2,1H3,(H,17,20)(H,18,19)/t14-/m0/s1. The molecule has 5 nitrogen and oxygen atoms in total. The van der Waals surface area contributed by atoms with Crippen LogP contribution in [0, 0.1) is 12.3 Å². The average Bonchev–Trinajstić information content (AvgIpc) is 2.47. The number of rotatable bonds is 7. The molecule has 5 heteroatoms. The second-order valence-electron chi connectivity index (χ2n) is 4.57. The van der Waals surface area contributed by atoms with Crippen LogP contribution < -0.4 is 5.32 Å². The monoisotopic (exact) mass is 289 g/mol. The number of aliphatic carboxylic acids is 1. The van der Waals surface area contributed by atoms with Crippen LogP contribution in [-0.4, -0.2) is 29.8 Å². The second kappa shape index (κ2) is 8.64. The molecule has 0 heterocycles. The van der Waals surface area contributed by atoms with Crippen molar-refractivity contribution in [2.45, 2.75) is 32.2 Å². The Hall–Kier alpha value is -2.48. The van der Waals surface area contributed by atoms with Crippen LogP contribution in [0.2, 0.25) is 0 Å². The average molecular weight is 289 g/mol. The SMILES string of the molecule is C#Cc1ccc(C[C@H](NC(=O)OCCCC)C(=O)O)cc1. The Kier molecular flexibility index (Phi) is 6.82. The van der Waals surface area contributed by atoms with E-state index >= 15 is 0 Å². The fourth-order valence-electron chi connectivity index (χ4n) is 1.67. The Bertz CT molecular complexity index is 516. The van der Waals surface area contributed by atoms with Crippen molar-refractivity contribution in [1.29, 1.82) is 0 Å². The molecular weight excluding hydrogens is 270 g/mol. The van der Waals surface area contributed by atoms with Crippen molar-refractivity contribution < 1.29 is 19.4 Å². The fourth-order valence-corrected chi connectivity index (χ4v) is 1.67. The summed E-state index contributed by atoms with van der Waals surface area (Å²) in [6.45, 7) is 2.26. The minimum atomic E-state index is -1.11. The van der Waals surface area contributed by atoms with Gasteiger partial charge in [0.05, 0.1) is 6.61 Å². The molecule has 21 heavy (non-hydrogen) atoms. The maximum Gasteiger partial charge on any atom is 0.407 e. The molecular formula is C16H19NO4. The van der Waals surface area contributed by atoms with E-state index in [2.05, 4.69) is 11.2 Å². The second-order valence-corrected chi connectivity index (χ2v) is 4.57. The van der Waals surface area contributed by atoms with E-state index in [1.165, 1.54) is 0 Å². The smallest absolute Gasteiger partial charge is 0.407 e. The van der Waals surface area contributed by atoms with Gasteiger partial charge in [0.25, 0.3) is 0 Å². The number of amides is 1. The van der Waals surface area contributed by atoms with Crippen molar-refractivity contribution in [2.24, 2.45) is 0 Å². The zero-order chi connectivity index (χ0) is 15.7. The predicted octanol–water partition coefficient (Wildman–Crippen LogP) is 2.19. The molecule has 0 spiro atoms. The summed E-state index contributed by atoms with van der Waals surface area (Å²) in [6.07, 6.45) is 6.36. The topological polar surface area (TPSA) is 75.6 Å². The van der Waals surface area contributed by atoms with Gasteiger partial charge in [0.1, 0.15) is 6.04 Å². The molecule has 0 fully saturated rings. The summed E-state index contributed by atoms with van der Waals surface area (Å²) in [6, 6.07) is 5.92. The summed E-state index contributed by atoms with van der Waals surface area (Å²) in [5.41, 5.74) is 1.49. The molecule has 1 amide bonds. The van der Waals surface area contributed by atoms with E-state index in [9.17, 15) is 9.59 Å². The van der Waals surface area contributed by atoms with Crippen LogP contribution in [0.3, 0.4) is 0 Å². The van der Waals surface area contributed by atoms with Crippen molar-refractivity contribution in [3.8, 4) is 12.3 Å². The predicted molar refractivity (Wildman–Crippen MR) is 78.9 cm³/mol. The lowest BCUT2D eigenvalue weighted by Crippen LogP contribution is -2.42. The maximum atomic E-state index is 11.5. The third-order valence-electron chi connectivity index (χ3n) is 2.88. The van der Waals surface area contributed by atoms with Crippen molar-refractivity contribution in [2.75, 3.05) is 6.61 Å². The molecule has 0 aliphatic heterocycles. The van der Waals surface area contributed by atoms with Crippen molar-refractivity contribution in [3.05, 3.63) is 35.4 Å². The minimum Gasteiger partial charge on any atom is -0.480 e. The number of terminal acetylenes is 1. The first-order chi connectivity index (χ1) is 10.1. The van der Waals surface area contributed by atoms with E-state index in [4.69, 9.17) is 16.3 Å². The van der Waals surface area contributed by atoms with Crippen molar-refractivity contribution in [3.63, 3.8) is 0 Å². The Morgan fingerprint density at radius 3 is 2.57 bits per heavy atom. The number of benzene rings is 1. The molecule has 0 aliphatic rings. The number of ether oxygens (including phenoxy) is 1. The highest BCUT2D eigenvalue weighted by molar-refractivity contribution is 5.80. The van der Waals surface area contributed by atoms with E-state index in [0.717, 1.165) is 24.0 Å². The van der Waals surface area contributed by atoms with Gasteiger partial charge in [0, 0.05) is 12.0 Å². The fraction of sp³-hybridized carbons (Fsp3) is 0.375. The van der Waals surface area contributed by atoms with E-state index in [-0.39, 0.29) is 13.0 Å². The minimum absolute atomic E-state index is 0.170. The molecule has 0 radical (unpaired) electrons. The lowest BCUT2D eigenvalue weighted by Gasteiger charge is -2.14. The lowest BCUT2D eigenvalue weighted by molar-refractivity contribution is -0.139. The number of unbranched alkanes of at least 4 members (excludes halogenated alkanes) is 1. The molecule has 2 N–H and O–H groups in total. The molecule has 1 aromatic rings. The Balaban J connectivity index is 2.58. The van der Waals surface area contributed by atoms with Crippen LogP contribution in [0.4, 0.5) is 4.79 Å². The summed E-state index contributed by atoms with van der Waals surface area (Å²) >= 11 is 0. The molecule has 112 valence electrons. The summed E-state index contributed by atoms with van der Waals surface area (Å²) in [7, 11) is 0. The molecule has 1 rings (SSSR count). The van der Waals surface area contributed by atoms with Crippen LogP contribution >= 0.6 is 0 Å². The Labute approximate surface area is 124 Å². The highest BCUT2D eigenvalue weighted by Crippen LogP contribution is 2.07. The van der Waals surface area contributed by atoms with Crippen LogP contribution in [0.25, 0.3) is 0 Å². The number of carbonyl (C=O) groups excluding carboxylic acids is 1. The molecule has 0 saturated carbocycles. The van der Waals surface area contributed by atoms with Crippen LogP contribution in [0.1, 0.15) is 30.9 Å². The summed E-state index contributed by atoms with van der Waals surface area (Å²) in [5.74, 6) is 1.38. The molecule has 0 aliphatic carbocycles. The Morgan fingerprint density at radius 1 is 1.38 bits per heavy atom. The molecule has 1 atom stereocenters. The van der Waals surface area contributed by atoms with Gasteiger partial charge in [-0.05, 0) is 24.1 Å². The van der Waals surface area contributed by atoms with Gasteiger partial charge in [-0.3, -0.25) is 0 Å². The lowest BCUT2D eigenvalue weighted by atomic mass is 10.0. The molecule has 0 bridgehead atoms. The van der Waals surface area contributed by atoms with Crippen molar-refractivity contribution >= 4 is 12.1 Å². The van der Waals surface area contributed by atoms with Crippen molar-refractivity contribution in [1.82, 2.24) is 5.32 Å². The van der Waals surface area contributed by atoms with Gasteiger partial charge in [-0.15, -0.1) is 6.42 Å². The molecule has 0 saturated heterocycles. The van der Waals surface area contributed by atoms with Gasteiger partial charge in [-0.2, -0.15) is 0 Å². The molecule has 1 aromatic carbocycles. The molecule has 0 unspecified atom stereocenters. The number of hydrogen-bond donors (Lipinski definition) is 2. The first-order valence-electron chi connectivity index (χ1n) is 6.78. The number of carbonyl (C=O) groups is 2. The highest BCUT2D eigenvalue weighted by Gasteiger charge is 2.21. The Morgan fingerprint density at radius 2 is 2.05 bits per heavy atom. The van der Waals surface area contributed by atoms with E-state index in [0.29, 0.717) is 0 Å². The number of carboxylic acid groups (broad SMARTS) is 1. The summed E-state index contributed by atoms with van der Waals surface area (Å²) in [5, 5.41) is 11.5. The van der Waals surface area contributed by atoms with Crippen LogP contribution in [0.15, 0.2) is 24.3 Å². The van der Waals surface area contributed by atoms with Crippen LogP contribution in [-0.2, 0) is 16.0 Å². The third-order valence-corrected chi connectivity index (χ3v) is 2.88. The first-order valence-corrected chi connectivity index (χ1v) is 6.78. The quantitative estimate of drug-likeness (QED) is 0.596. The number of hydrogen-bond acceptors (Lipinski definition) is 3. The number of carboxylic acids is 1. The van der Waals surface area contributed by atoms with E-state index < -0.39 is 18.1 Å². The number of alkyl carbamates (subject to hydrolysis) is 1. The van der Waals surface area contributed by atoms with E-state index in [1.54, 1.807) is 24.3 Å². The summed E-state index contributed by atoms with van der Waals surface area (Å²) in [4.78, 5) is 22.7. The van der Waals surface area contributed by atoms with Gasteiger partial charge in [-0.25, -0.2) is 9.59 Å². The van der Waals surface area contributed by atoms with Crippen LogP contribution in [0.5, 0.6) is 0 Å². The maximum absolute atomic E-state index is 11.5. The van der Waals surface area contributed by atoms with E-state index in [1.807, 2.05) is 6.92 Å². The van der Waals surface area contributed by atoms with Gasteiger partial charge in [0.15, 0.2) is 0 Å². The zero-order valence-corrected chi connectivity index (χ0v) is 12.0. The molecule has 0 aromatic heterocycles. The normalized spacial score (nSPS) is 11.2. The van der Waals surface area contributed by atoms with Gasteiger partial charge in [-0.1, -0.05) is 31.4 Å². The van der Waals surface area contributed by atoms with Gasteiger partial charge < -0.3 is 15.2 Å². The largest absolute Gasteiger partial charge is 0.480 e. The van der Waals surface area contributed by atoms with Gasteiger partial charge >= 0.3 is 12.1 Å². The number of nitrogens with one attached hydrogen (secondary N) is 1.